The Kier molecular flexibility index (Phi) is 3.07. The number of carbonyl (C=O) groups excluding carboxylic acids is 1. The molecule has 0 spiro atoms. The second kappa shape index (κ2) is 4.08. The molecule has 0 aliphatic heterocycles. The predicted octanol–water partition coefficient (Wildman–Crippen LogP) is 2.74. The van der Waals surface area contributed by atoms with Crippen molar-refractivity contribution in [2.24, 2.45) is 0 Å². The van der Waals surface area contributed by atoms with E-state index in [1.807, 2.05) is 42.7 Å². The highest BCUT2D eigenvalue weighted by atomic mass is 16.1. The van der Waals surface area contributed by atoms with Crippen LogP contribution in [0.5, 0.6) is 0 Å². The number of aromatic nitrogens is 1. The third-order valence-corrected chi connectivity index (χ3v) is 2.03. The van der Waals surface area contributed by atoms with Crippen LogP contribution in [0, 0.1) is 0 Å². The zero-order valence-electron chi connectivity index (χ0n) is 8.37. The topological polar surface area (TPSA) is 22.0 Å². The van der Waals surface area contributed by atoms with E-state index in [-0.39, 0.29) is 5.78 Å². The van der Waals surface area contributed by atoms with Crippen molar-refractivity contribution in [3.63, 3.8) is 0 Å². The van der Waals surface area contributed by atoms with E-state index in [1.165, 1.54) is 0 Å². The zero-order valence-corrected chi connectivity index (χ0v) is 8.37. The molecular formula is C11H15NO. The molecule has 0 bridgehead atoms. The Hall–Kier alpha value is -1.31. The van der Waals surface area contributed by atoms with Gasteiger partial charge in [0.1, 0.15) is 0 Å². The maximum atomic E-state index is 11.2. The molecule has 2 heteroatoms. The first-order valence-corrected chi connectivity index (χ1v) is 4.53. The van der Waals surface area contributed by atoms with Gasteiger partial charge < -0.3 is 4.57 Å². The lowest BCUT2D eigenvalue weighted by Gasteiger charge is -2.05. The number of hydrogen-bond acceptors (Lipinski definition) is 1. The summed E-state index contributed by atoms with van der Waals surface area (Å²) in [5.74, 6) is 0.123. The summed E-state index contributed by atoms with van der Waals surface area (Å²) in [5.41, 5.74) is 1.88. The van der Waals surface area contributed by atoms with Gasteiger partial charge in [0, 0.05) is 19.2 Å². The molecule has 0 radical (unpaired) electrons. The van der Waals surface area contributed by atoms with Crippen molar-refractivity contribution in [2.45, 2.75) is 27.3 Å². The van der Waals surface area contributed by atoms with Gasteiger partial charge in [0.05, 0.1) is 5.69 Å². The fourth-order valence-electron chi connectivity index (χ4n) is 1.46. The van der Waals surface area contributed by atoms with Gasteiger partial charge in [0.25, 0.3) is 0 Å². The Bertz CT molecular complexity index is 334. The van der Waals surface area contributed by atoms with Crippen LogP contribution in [-0.4, -0.2) is 10.4 Å². The summed E-state index contributed by atoms with van der Waals surface area (Å²) >= 11 is 0. The molecule has 0 amide bonds. The van der Waals surface area contributed by atoms with E-state index in [2.05, 4.69) is 0 Å². The van der Waals surface area contributed by atoms with Crippen LogP contribution >= 0.6 is 0 Å². The molecule has 0 atom stereocenters. The molecule has 0 unspecified atom stereocenters. The molecule has 0 aromatic carbocycles. The molecule has 0 fully saturated rings. The van der Waals surface area contributed by atoms with Gasteiger partial charge in [-0.05, 0) is 32.1 Å². The number of nitrogens with zero attached hydrogens (tertiary/aromatic N) is 1. The molecule has 13 heavy (non-hydrogen) atoms. The largest absolute Gasteiger partial charge is 0.339 e. The minimum Gasteiger partial charge on any atom is -0.339 e. The van der Waals surface area contributed by atoms with Gasteiger partial charge >= 0.3 is 0 Å². The van der Waals surface area contributed by atoms with Gasteiger partial charge in [0.2, 0.25) is 0 Å². The number of ketones is 1. The Morgan fingerprint density at radius 1 is 1.54 bits per heavy atom. The van der Waals surface area contributed by atoms with Gasteiger partial charge in [0.15, 0.2) is 5.78 Å². The molecule has 1 heterocycles. The van der Waals surface area contributed by atoms with Crippen molar-refractivity contribution in [1.29, 1.82) is 0 Å². The lowest BCUT2D eigenvalue weighted by Crippen LogP contribution is -2.06. The molecule has 0 saturated carbocycles. The van der Waals surface area contributed by atoms with E-state index in [4.69, 9.17) is 0 Å². The number of allylic oxidation sites excluding steroid dienone is 1. The normalized spacial score (nSPS) is 11.0. The van der Waals surface area contributed by atoms with Crippen molar-refractivity contribution in [1.82, 2.24) is 4.57 Å². The Morgan fingerprint density at radius 2 is 2.23 bits per heavy atom. The smallest absolute Gasteiger partial charge is 0.176 e. The van der Waals surface area contributed by atoms with E-state index in [0.717, 1.165) is 17.9 Å². The molecule has 0 aliphatic carbocycles. The predicted molar refractivity (Wildman–Crippen MR) is 54.8 cm³/mol. The van der Waals surface area contributed by atoms with E-state index < -0.39 is 0 Å². The number of carbonyl (C=O) groups is 1. The highest BCUT2D eigenvalue weighted by molar-refractivity contribution is 5.93. The van der Waals surface area contributed by atoms with Crippen LogP contribution in [0.1, 0.15) is 37.0 Å². The highest BCUT2D eigenvalue weighted by Crippen LogP contribution is 2.11. The Balaban J connectivity index is 3.17. The molecule has 70 valence electrons. The molecule has 2 nitrogen and oxygen atoms in total. The first-order valence-electron chi connectivity index (χ1n) is 4.53. The maximum absolute atomic E-state index is 11.2. The fraction of sp³-hybridized carbons (Fsp3) is 0.364. The van der Waals surface area contributed by atoms with Gasteiger partial charge in [-0.15, -0.1) is 0 Å². The summed E-state index contributed by atoms with van der Waals surface area (Å²) in [7, 11) is 0. The molecule has 1 aromatic rings. The van der Waals surface area contributed by atoms with Crippen LogP contribution in [0.2, 0.25) is 0 Å². The molecular weight excluding hydrogens is 162 g/mol. The van der Waals surface area contributed by atoms with Gasteiger partial charge in [-0.1, -0.05) is 6.08 Å². The van der Waals surface area contributed by atoms with Crippen molar-refractivity contribution >= 4 is 11.9 Å². The second-order valence-corrected chi connectivity index (χ2v) is 2.94. The van der Waals surface area contributed by atoms with E-state index >= 15 is 0 Å². The van der Waals surface area contributed by atoms with E-state index in [9.17, 15) is 4.79 Å². The quantitative estimate of drug-likeness (QED) is 0.651. The second-order valence-electron chi connectivity index (χ2n) is 2.94. The fourth-order valence-corrected chi connectivity index (χ4v) is 1.46. The van der Waals surface area contributed by atoms with E-state index in [0.29, 0.717) is 0 Å². The highest BCUT2D eigenvalue weighted by Gasteiger charge is 2.07. The van der Waals surface area contributed by atoms with Crippen molar-refractivity contribution in [3.8, 4) is 0 Å². The summed E-state index contributed by atoms with van der Waals surface area (Å²) < 4.78 is 2.02. The molecule has 0 aliphatic rings. The van der Waals surface area contributed by atoms with Crippen molar-refractivity contribution in [3.05, 3.63) is 29.6 Å². The third-order valence-electron chi connectivity index (χ3n) is 2.03. The van der Waals surface area contributed by atoms with Crippen molar-refractivity contribution < 1.29 is 4.79 Å². The number of rotatable bonds is 3. The lowest BCUT2D eigenvalue weighted by molar-refractivity contribution is 0.100. The average Bonchev–Trinajstić information content (AvgIpc) is 2.48. The summed E-state index contributed by atoms with van der Waals surface area (Å²) in [4.78, 5) is 11.2. The van der Waals surface area contributed by atoms with Crippen LogP contribution in [0.25, 0.3) is 6.08 Å². The maximum Gasteiger partial charge on any atom is 0.176 e. The van der Waals surface area contributed by atoms with Crippen LogP contribution in [0.15, 0.2) is 18.2 Å². The summed E-state index contributed by atoms with van der Waals surface area (Å²) in [6, 6.07) is 3.85. The third kappa shape index (κ3) is 1.89. The lowest BCUT2D eigenvalue weighted by atomic mass is 10.3. The van der Waals surface area contributed by atoms with Gasteiger partial charge in [-0.3, -0.25) is 4.79 Å². The van der Waals surface area contributed by atoms with Crippen LogP contribution < -0.4 is 0 Å². The average molecular weight is 177 g/mol. The Morgan fingerprint density at radius 3 is 2.69 bits per heavy atom. The van der Waals surface area contributed by atoms with Crippen LogP contribution in [0.4, 0.5) is 0 Å². The standard InChI is InChI=1S/C11H15NO/c1-4-6-10-7-8-11(9(3)13)12(10)5-2/h4,6-8H,5H2,1-3H3/b6-4+. The molecule has 0 N–H and O–H groups in total. The summed E-state index contributed by atoms with van der Waals surface area (Å²) in [6.45, 7) is 6.45. The van der Waals surface area contributed by atoms with E-state index in [1.54, 1.807) is 6.92 Å². The van der Waals surface area contributed by atoms with Gasteiger partial charge in [-0.2, -0.15) is 0 Å². The first kappa shape index (κ1) is 9.78. The van der Waals surface area contributed by atoms with Crippen LogP contribution in [0.3, 0.4) is 0 Å². The minimum atomic E-state index is 0.123. The summed E-state index contributed by atoms with van der Waals surface area (Å²) in [6.07, 6.45) is 3.99. The molecule has 0 saturated heterocycles. The molecule has 1 aromatic heterocycles. The SMILES string of the molecule is C/C=C/c1ccc(C(C)=O)n1CC. The zero-order chi connectivity index (χ0) is 9.84. The Labute approximate surface area is 78.9 Å². The molecule has 1 rings (SSSR count). The monoisotopic (exact) mass is 177 g/mol. The van der Waals surface area contributed by atoms with Crippen molar-refractivity contribution in [2.75, 3.05) is 0 Å². The number of hydrogen-bond donors (Lipinski definition) is 0. The summed E-state index contributed by atoms with van der Waals surface area (Å²) in [5, 5.41) is 0. The minimum absolute atomic E-state index is 0.123. The number of Topliss-reactive ketones (excluding diaryl/α,β-unsaturated/α-hetero) is 1. The van der Waals surface area contributed by atoms with Crippen LogP contribution in [-0.2, 0) is 6.54 Å². The first-order chi connectivity index (χ1) is 6.20. The van der Waals surface area contributed by atoms with Gasteiger partial charge in [-0.25, -0.2) is 0 Å².